The lowest BCUT2D eigenvalue weighted by Crippen LogP contribution is -2.32. The number of amides is 1. The highest BCUT2D eigenvalue weighted by Gasteiger charge is 2.17. The zero-order chi connectivity index (χ0) is 14.5. The number of aryl methyl sites for hydroxylation is 2. The maximum atomic E-state index is 12.1. The zero-order valence-electron chi connectivity index (χ0n) is 12.4. The summed E-state index contributed by atoms with van der Waals surface area (Å²) in [6, 6.07) is 6.05. The van der Waals surface area contributed by atoms with Gasteiger partial charge in [0.1, 0.15) is 0 Å². The highest BCUT2D eigenvalue weighted by Crippen LogP contribution is 2.18. The first-order valence-corrected chi connectivity index (χ1v) is 7.46. The summed E-state index contributed by atoms with van der Waals surface area (Å²) in [6.07, 6.45) is 5.15. The molecule has 0 spiro atoms. The number of hydrogen-bond donors (Lipinski definition) is 1. The lowest BCUT2D eigenvalue weighted by molar-refractivity contribution is -0.121. The summed E-state index contributed by atoms with van der Waals surface area (Å²) in [6.45, 7) is 4.03. The van der Waals surface area contributed by atoms with Gasteiger partial charge in [-0.15, -0.1) is 0 Å². The predicted octanol–water partition coefficient (Wildman–Crippen LogP) is 3.33. The van der Waals surface area contributed by atoms with E-state index in [0.717, 1.165) is 18.4 Å². The summed E-state index contributed by atoms with van der Waals surface area (Å²) >= 11 is 0. The molecule has 0 saturated heterocycles. The Kier molecular flexibility index (Phi) is 4.94. The summed E-state index contributed by atoms with van der Waals surface area (Å²) in [5.74, 6) is 0.0590. The molecule has 0 atom stereocenters. The van der Waals surface area contributed by atoms with Crippen LogP contribution in [0.1, 0.15) is 60.0 Å². The molecule has 2 rings (SSSR count). The Morgan fingerprint density at radius 2 is 1.80 bits per heavy atom. The van der Waals surface area contributed by atoms with Crippen molar-refractivity contribution in [2.45, 2.75) is 58.4 Å². The van der Waals surface area contributed by atoms with Crippen LogP contribution in [0, 0.1) is 13.8 Å². The molecule has 1 saturated carbocycles. The van der Waals surface area contributed by atoms with Gasteiger partial charge in [-0.05, 0) is 43.9 Å². The van der Waals surface area contributed by atoms with Crippen molar-refractivity contribution in [3.8, 4) is 0 Å². The molecule has 1 aromatic rings. The first-order valence-electron chi connectivity index (χ1n) is 7.46. The first-order chi connectivity index (χ1) is 9.56. The van der Waals surface area contributed by atoms with Crippen molar-refractivity contribution in [2.75, 3.05) is 0 Å². The highest BCUT2D eigenvalue weighted by atomic mass is 16.2. The highest BCUT2D eigenvalue weighted by molar-refractivity contribution is 5.98. The maximum Gasteiger partial charge on any atom is 0.220 e. The fourth-order valence-corrected chi connectivity index (χ4v) is 2.66. The quantitative estimate of drug-likeness (QED) is 0.836. The topological polar surface area (TPSA) is 46.2 Å². The minimum Gasteiger partial charge on any atom is -0.353 e. The Hall–Kier alpha value is -1.64. The zero-order valence-corrected chi connectivity index (χ0v) is 12.4. The number of Topliss-reactive ketones (excluding diaryl/α,β-unsaturated/α-hetero) is 1. The van der Waals surface area contributed by atoms with Crippen molar-refractivity contribution in [3.05, 3.63) is 34.9 Å². The molecule has 0 aromatic heterocycles. The molecule has 1 aliphatic carbocycles. The summed E-state index contributed by atoms with van der Waals surface area (Å²) in [4.78, 5) is 23.9. The molecule has 3 nitrogen and oxygen atoms in total. The molecule has 0 heterocycles. The SMILES string of the molecule is Cc1ccc(C(=O)CCC(=O)NC2CCCC2)cc1C. The van der Waals surface area contributed by atoms with E-state index in [1.807, 2.05) is 32.0 Å². The smallest absolute Gasteiger partial charge is 0.220 e. The van der Waals surface area contributed by atoms with E-state index in [9.17, 15) is 9.59 Å². The van der Waals surface area contributed by atoms with Gasteiger partial charge in [0.2, 0.25) is 5.91 Å². The predicted molar refractivity (Wildman–Crippen MR) is 79.9 cm³/mol. The van der Waals surface area contributed by atoms with Crippen LogP contribution in [-0.4, -0.2) is 17.7 Å². The molecule has 1 aliphatic rings. The third-order valence-corrected chi connectivity index (χ3v) is 4.13. The van der Waals surface area contributed by atoms with Crippen molar-refractivity contribution in [1.29, 1.82) is 0 Å². The summed E-state index contributed by atoms with van der Waals surface area (Å²) in [7, 11) is 0. The van der Waals surface area contributed by atoms with Crippen molar-refractivity contribution in [2.24, 2.45) is 0 Å². The fraction of sp³-hybridized carbons (Fsp3) is 0.529. The molecular weight excluding hydrogens is 250 g/mol. The summed E-state index contributed by atoms with van der Waals surface area (Å²) in [5.41, 5.74) is 3.01. The minimum atomic E-state index is 0.00841. The molecule has 108 valence electrons. The van der Waals surface area contributed by atoms with Crippen molar-refractivity contribution in [1.82, 2.24) is 5.32 Å². The molecule has 1 aromatic carbocycles. The van der Waals surface area contributed by atoms with E-state index < -0.39 is 0 Å². The Bertz CT molecular complexity index is 502. The molecular formula is C17H23NO2. The average Bonchev–Trinajstić information content (AvgIpc) is 2.92. The molecule has 3 heteroatoms. The lowest BCUT2D eigenvalue weighted by atomic mass is 10.0. The first kappa shape index (κ1) is 14.8. The van der Waals surface area contributed by atoms with E-state index in [1.165, 1.54) is 18.4 Å². The Morgan fingerprint density at radius 1 is 1.10 bits per heavy atom. The largest absolute Gasteiger partial charge is 0.353 e. The molecule has 0 bridgehead atoms. The van der Waals surface area contributed by atoms with Gasteiger partial charge < -0.3 is 5.32 Å². The van der Waals surface area contributed by atoms with E-state index in [0.29, 0.717) is 24.4 Å². The van der Waals surface area contributed by atoms with Crippen LogP contribution in [0.15, 0.2) is 18.2 Å². The third kappa shape index (κ3) is 3.92. The number of hydrogen-bond acceptors (Lipinski definition) is 2. The van der Waals surface area contributed by atoms with Gasteiger partial charge in [0.15, 0.2) is 5.78 Å². The van der Waals surface area contributed by atoms with E-state index in [1.54, 1.807) is 0 Å². The second-order valence-electron chi connectivity index (χ2n) is 5.77. The van der Waals surface area contributed by atoms with Crippen LogP contribution in [0.5, 0.6) is 0 Å². The van der Waals surface area contributed by atoms with Crippen LogP contribution in [0.4, 0.5) is 0 Å². The van der Waals surface area contributed by atoms with Gasteiger partial charge in [-0.3, -0.25) is 9.59 Å². The average molecular weight is 273 g/mol. The second kappa shape index (κ2) is 6.69. The van der Waals surface area contributed by atoms with Gasteiger partial charge in [-0.1, -0.05) is 25.0 Å². The molecule has 1 amide bonds. The number of carbonyl (C=O) groups is 2. The molecule has 1 fully saturated rings. The Balaban J connectivity index is 1.81. The van der Waals surface area contributed by atoms with Gasteiger partial charge in [0.25, 0.3) is 0 Å². The van der Waals surface area contributed by atoms with Crippen LogP contribution in [-0.2, 0) is 4.79 Å². The van der Waals surface area contributed by atoms with E-state index >= 15 is 0 Å². The van der Waals surface area contributed by atoms with Crippen LogP contribution >= 0.6 is 0 Å². The van der Waals surface area contributed by atoms with Crippen molar-refractivity contribution >= 4 is 11.7 Å². The van der Waals surface area contributed by atoms with E-state index in [4.69, 9.17) is 0 Å². The third-order valence-electron chi connectivity index (χ3n) is 4.13. The van der Waals surface area contributed by atoms with E-state index in [-0.39, 0.29) is 11.7 Å². The molecule has 20 heavy (non-hydrogen) atoms. The van der Waals surface area contributed by atoms with Gasteiger partial charge >= 0.3 is 0 Å². The standard InChI is InChI=1S/C17H23NO2/c1-12-7-8-14(11-13(12)2)16(19)9-10-17(20)18-15-5-3-4-6-15/h7-8,11,15H,3-6,9-10H2,1-2H3,(H,18,20). The van der Waals surface area contributed by atoms with Gasteiger partial charge in [0, 0.05) is 24.4 Å². The number of benzene rings is 1. The molecule has 1 N–H and O–H groups in total. The van der Waals surface area contributed by atoms with Gasteiger partial charge in [-0.25, -0.2) is 0 Å². The summed E-state index contributed by atoms with van der Waals surface area (Å²) in [5, 5.41) is 3.02. The normalized spacial score (nSPS) is 15.3. The number of rotatable bonds is 5. The Labute approximate surface area is 120 Å². The second-order valence-corrected chi connectivity index (χ2v) is 5.77. The van der Waals surface area contributed by atoms with Crippen LogP contribution in [0.2, 0.25) is 0 Å². The fourth-order valence-electron chi connectivity index (χ4n) is 2.66. The maximum absolute atomic E-state index is 12.1. The number of nitrogens with one attached hydrogen (secondary N) is 1. The number of carbonyl (C=O) groups excluding carboxylic acids is 2. The van der Waals surface area contributed by atoms with Crippen LogP contribution < -0.4 is 5.32 Å². The van der Waals surface area contributed by atoms with Gasteiger partial charge in [0.05, 0.1) is 0 Å². The molecule has 0 unspecified atom stereocenters. The monoisotopic (exact) mass is 273 g/mol. The van der Waals surface area contributed by atoms with E-state index in [2.05, 4.69) is 5.32 Å². The lowest BCUT2D eigenvalue weighted by Gasteiger charge is -2.11. The van der Waals surface area contributed by atoms with Crippen LogP contribution in [0.3, 0.4) is 0 Å². The van der Waals surface area contributed by atoms with Crippen molar-refractivity contribution in [3.63, 3.8) is 0 Å². The summed E-state index contributed by atoms with van der Waals surface area (Å²) < 4.78 is 0. The number of ketones is 1. The Morgan fingerprint density at radius 3 is 2.45 bits per heavy atom. The molecule has 0 aliphatic heterocycles. The minimum absolute atomic E-state index is 0.00841. The molecule has 0 radical (unpaired) electrons. The van der Waals surface area contributed by atoms with Crippen molar-refractivity contribution < 1.29 is 9.59 Å². The van der Waals surface area contributed by atoms with Crippen LogP contribution in [0.25, 0.3) is 0 Å². The van der Waals surface area contributed by atoms with Gasteiger partial charge in [-0.2, -0.15) is 0 Å².